The molecular weight excluding hydrogens is 355 g/mol. The average Bonchev–Trinajstić information content (AvgIpc) is 2.63. The summed E-state index contributed by atoms with van der Waals surface area (Å²) in [6.45, 7) is 3.24. The molecule has 2 aromatic carbocycles. The Labute approximate surface area is 158 Å². The van der Waals surface area contributed by atoms with Crippen LogP contribution in [0, 0.1) is 5.92 Å². The summed E-state index contributed by atoms with van der Waals surface area (Å²) >= 11 is 12.1. The molecule has 0 radical (unpaired) electrons. The number of carbonyl (C=O) groups is 1. The first-order chi connectivity index (χ1) is 12.1. The van der Waals surface area contributed by atoms with E-state index in [-0.39, 0.29) is 11.8 Å². The van der Waals surface area contributed by atoms with Crippen LogP contribution in [0.1, 0.15) is 24.0 Å². The zero-order valence-electron chi connectivity index (χ0n) is 14.1. The van der Waals surface area contributed by atoms with E-state index in [0.717, 1.165) is 48.6 Å². The number of hydrogen-bond donors (Lipinski definition) is 1. The van der Waals surface area contributed by atoms with Gasteiger partial charge in [0.15, 0.2) is 0 Å². The van der Waals surface area contributed by atoms with E-state index in [1.807, 2.05) is 42.5 Å². The van der Waals surface area contributed by atoms with E-state index in [4.69, 9.17) is 23.2 Å². The number of nitrogens with zero attached hydrogens (tertiary/aromatic N) is 1. The summed E-state index contributed by atoms with van der Waals surface area (Å²) in [6, 6.07) is 15.5. The second-order valence-electron chi connectivity index (χ2n) is 6.49. The maximum atomic E-state index is 12.4. The minimum absolute atomic E-state index is 0.0924. The van der Waals surface area contributed by atoms with Crippen LogP contribution in [-0.2, 0) is 17.9 Å². The summed E-state index contributed by atoms with van der Waals surface area (Å²) in [5.41, 5.74) is 2.21. The third kappa shape index (κ3) is 5.21. The van der Waals surface area contributed by atoms with Gasteiger partial charge in [-0.3, -0.25) is 9.69 Å². The average molecular weight is 377 g/mol. The Balaban J connectivity index is 1.44. The number of hydrogen-bond acceptors (Lipinski definition) is 2. The maximum Gasteiger partial charge on any atom is 0.223 e. The second-order valence-corrected chi connectivity index (χ2v) is 7.33. The molecular formula is C20H22Cl2N2O. The van der Waals surface area contributed by atoms with Gasteiger partial charge in [-0.2, -0.15) is 0 Å². The van der Waals surface area contributed by atoms with Crippen LogP contribution in [-0.4, -0.2) is 23.9 Å². The van der Waals surface area contributed by atoms with Gasteiger partial charge < -0.3 is 5.32 Å². The standard InChI is InChI=1S/C20H22Cl2N2O/c21-18-7-5-15(6-8-18)13-23-20(25)16-9-11-24(12-10-16)14-17-3-1-2-4-19(17)22/h1-8,16H,9-14H2,(H,23,25). The van der Waals surface area contributed by atoms with Crippen LogP contribution in [0.3, 0.4) is 0 Å². The summed E-state index contributed by atoms with van der Waals surface area (Å²) in [5, 5.41) is 4.56. The van der Waals surface area contributed by atoms with Gasteiger partial charge >= 0.3 is 0 Å². The largest absolute Gasteiger partial charge is 0.352 e. The Morgan fingerprint density at radius 2 is 1.72 bits per heavy atom. The van der Waals surface area contributed by atoms with E-state index in [9.17, 15) is 4.79 Å². The molecule has 0 spiro atoms. The lowest BCUT2D eigenvalue weighted by Gasteiger charge is -2.31. The number of carbonyl (C=O) groups excluding carboxylic acids is 1. The zero-order valence-corrected chi connectivity index (χ0v) is 15.6. The monoisotopic (exact) mass is 376 g/mol. The fourth-order valence-corrected chi connectivity index (χ4v) is 3.48. The van der Waals surface area contributed by atoms with Gasteiger partial charge in [-0.1, -0.05) is 53.5 Å². The molecule has 1 aliphatic rings. The Bertz CT molecular complexity index is 710. The Kier molecular flexibility index (Phi) is 6.35. The molecule has 0 aliphatic carbocycles. The first kappa shape index (κ1) is 18.2. The van der Waals surface area contributed by atoms with Crippen molar-refractivity contribution in [2.75, 3.05) is 13.1 Å². The molecule has 0 atom stereocenters. The van der Waals surface area contributed by atoms with Crippen LogP contribution in [0.5, 0.6) is 0 Å². The highest BCUT2D eigenvalue weighted by Gasteiger charge is 2.25. The van der Waals surface area contributed by atoms with Crippen molar-refractivity contribution in [2.45, 2.75) is 25.9 Å². The van der Waals surface area contributed by atoms with Crippen molar-refractivity contribution >= 4 is 29.1 Å². The molecule has 0 bridgehead atoms. The van der Waals surface area contributed by atoms with Crippen molar-refractivity contribution < 1.29 is 4.79 Å². The first-order valence-electron chi connectivity index (χ1n) is 8.60. The molecule has 1 N–H and O–H groups in total. The van der Waals surface area contributed by atoms with E-state index in [1.54, 1.807) is 0 Å². The van der Waals surface area contributed by atoms with Crippen LogP contribution in [0.4, 0.5) is 0 Å². The molecule has 132 valence electrons. The van der Waals surface area contributed by atoms with E-state index in [1.165, 1.54) is 0 Å². The van der Waals surface area contributed by atoms with Crippen molar-refractivity contribution in [3.63, 3.8) is 0 Å². The topological polar surface area (TPSA) is 32.3 Å². The van der Waals surface area contributed by atoms with Gasteiger partial charge in [0.05, 0.1) is 0 Å². The fraction of sp³-hybridized carbons (Fsp3) is 0.350. The summed E-state index contributed by atoms with van der Waals surface area (Å²) in [6.07, 6.45) is 1.77. The molecule has 5 heteroatoms. The van der Waals surface area contributed by atoms with Crippen molar-refractivity contribution in [3.8, 4) is 0 Å². The van der Waals surface area contributed by atoms with E-state index >= 15 is 0 Å². The summed E-state index contributed by atoms with van der Waals surface area (Å²) in [5.74, 6) is 0.238. The SMILES string of the molecule is O=C(NCc1ccc(Cl)cc1)C1CCN(Cc2ccccc2Cl)CC1. The number of amides is 1. The Morgan fingerprint density at radius 3 is 2.40 bits per heavy atom. The molecule has 1 fully saturated rings. The van der Waals surface area contributed by atoms with Gasteiger partial charge in [-0.15, -0.1) is 0 Å². The van der Waals surface area contributed by atoms with Crippen molar-refractivity contribution in [1.29, 1.82) is 0 Å². The number of rotatable bonds is 5. The van der Waals surface area contributed by atoms with Crippen LogP contribution in [0.25, 0.3) is 0 Å². The van der Waals surface area contributed by atoms with Gasteiger partial charge in [0.2, 0.25) is 5.91 Å². The normalized spacial score (nSPS) is 15.9. The highest BCUT2D eigenvalue weighted by molar-refractivity contribution is 6.31. The maximum absolute atomic E-state index is 12.4. The van der Waals surface area contributed by atoms with E-state index < -0.39 is 0 Å². The predicted molar refractivity (Wildman–Crippen MR) is 103 cm³/mol. The third-order valence-electron chi connectivity index (χ3n) is 4.69. The molecule has 25 heavy (non-hydrogen) atoms. The fourth-order valence-electron chi connectivity index (χ4n) is 3.16. The molecule has 3 rings (SSSR count). The lowest BCUT2D eigenvalue weighted by atomic mass is 9.95. The number of likely N-dealkylation sites (tertiary alicyclic amines) is 1. The van der Waals surface area contributed by atoms with Gasteiger partial charge in [-0.25, -0.2) is 0 Å². The van der Waals surface area contributed by atoms with Crippen LogP contribution in [0.15, 0.2) is 48.5 Å². The summed E-state index contributed by atoms with van der Waals surface area (Å²) < 4.78 is 0. The number of halogens is 2. The lowest BCUT2D eigenvalue weighted by molar-refractivity contribution is -0.126. The Morgan fingerprint density at radius 1 is 1.04 bits per heavy atom. The van der Waals surface area contributed by atoms with Crippen molar-refractivity contribution in [3.05, 3.63) is 69.7 Å². The highest BCUT2D eigenvalue weighted by atomic mass is 35.5. The molecule has 3 nitrogen and oxygen atoms in total. The zero-order chi connectivity index (χ0) is 17.6. The quantitative estimate of drug-likeness (QED) is 0.831. The summed E-state index contributed by atoms with van der Waals surface area (Å²) in [7, 11) is 0. The van der Waals surface area contributed by atoms with Gasteiger partial charge in [0.1, 0.15) is 0 Å². The van der Waals surface area contributed by atoms with Crippen LogP contribution >= 0.6 is 23.2 Å². The number of benzene rings is 2. The highest BCUT2D eigenvalue weighted by Crippen LogP contribution is 2.22. The molecule has 0 saturated carbocycles. The second kappa shape index (κ2) is 8.70. The van der Waals surface area contributed by atoms with Crippen molar-refractivity contribution in [1.82, 2.24) is 10.2 Å². The predicted octanol–water partition coefficient (Wildman–Crippen LogP) is 4.52. The van der Waals surface area contributed by atoms with E-state index in [0.29, 0.717) is 11.6 Å². The van der Waals surface area contributed by atoms with Gasteiger partial charge in [-0.05, 0) is 55.3 Å². The van der Waals surface area contributed by atoms with Crippen LogP contribution in [0.2, 0.25) is 10.0 Å². The number of nitrogens with one attached hydrogen (secondary N) is 1. The van der Waals surface area contributed by atoms with Crippen LogP contribution < -0.4 is 5.32 Å². The van der Waals surface area contributed by atoms with Crippen molar-refractivity contribution in [2.24, 2.45) is 5.92 Å². The molecule has 0 aromatic heterocycles. The Hall–Kier alpha value is -1.55. The molecule has 1 amide bonds. The van der Waals surface area contributed by atoms with E-state index in [2.05, 4.69) is 16.3 Å². The van der Waals surface area contributed by atoms with Gasteiger partial charge in [0.25, 0.3) is 0 Å². The molecule has 1 saturated heterocycles. The molecule has 1 aliphatic heterocycles. The molecule has 0 unspecified atom stereocenters. The third-order valence-corrected chi connectivity index (χ3v) is 5.31. The molecule has 1 heterocycles. The number of piperidine rings is 1. The van der Waals surface area contributed by atoms with Gasteiger partial charge in [0, 0.05) is 29.1 Å². The lowest BCUT2D eigenvalue weighted by Crippen LogP contribution is -2.40. The smallest absolute Gasteiger partial charge is 0.223 e. The first-order valence-corrected chi connectivity index (χ1v) is 9.35. The minimum Gasteiger partial charge on any atom is -0.352 e. The minimum atomic E-state index is 0.0924. The summed E-state index contributed by atoms with van der Waals surface area (Å²) in [4.78, 5) is 14.7. The molecule has 2 aromatic rings.